The number of aliphatic hydroxyl groups excluding tert-OH is 1. The van der Waals surface area contributed by atoms with E-state index in [1.807, 2.05) is 0 Å². The second-order valence-corrected chi connectivity index (χ2v) is 4.28. The Morgan fingerprint density at radius 3 is 3.07 bits per heavy atom. The number of rotatable bonds is 5. The van der Waals surface area contributed by atoms with Crippen LogP contribution in [0.15, 0.2) is 16.0 Å². The average molecular weight is 229 g/mol. The van der Waals surface area contributed by atoms with Gasteiger partial charge in [-0.1, -0.05) is 11.8 Å². The van der Waals surface area contributed by atoms with Crippen molar-refractivity contribution >= 4 is 11.8 Å². The predicted molar refractivity (Wildman–Crippen MR) is 60.0 cm³/mol. The van der Waals surface area contributed by atoms with Gasteiger partial charge in [-0.2, -0.15) is 0 Å². The highest BCUT2D eigenvalue weighted by Crippen LogP contribution is 2.12. The van der Waals surface area contributed by atoms with Gasteiger partial charge in [0.25, 0.3) is 5.56 Å². The Labute approximate surface area is 92.1 Å². The van der Waals surface area contributed by atoms with Gasteiger partial charge in [0.15, 0.2) is 5.16 Å². The molecule has 1 aromatic rings. The number of nitrogens with two attached hydrogens (primary N) is 1. The van der Waals surface area contributed by atoms with E-state index >= 15 is 0 Å². The van der Waals surface area contributed by atoms with Crippen LogP contribution < -0.4 is 11.3 Å². The molecule has 84 valence electrons. The van der Waals surface area contributed by atoms with Crippen LogP contribution in [-0.4, -0.2) is 33.5 Å². The van der Waals surface area contributed by atoms with Crippen LogP contribution in [0.2, 0.25) is 0 Å². The Morgan fingerprint density at radius 2 is 2.47 bits per heavy atom. The van der Waals surface area contributed by atoms with Crippen LogP contribution >= 0.6 is 11.8 Å². The monoisotopic (exact) mass is 229 g/mol. The Balaban J connectivity index is 2.54. The Hall–Kier alpha value is -0.850. The van der Waals surface area contributed by atoms with E-state index in [0.29, 0.717) is 23.0 Å². The molecule has 1 atom stereocenters. The molecule has 4 N–H and O–H groups in total. The van der Waals surface area contributed by atoms with Crippen molar-refractivity contribution in [3.63, 3.8) is 0 Å². The van der Waals surface area contributed by atoms with Gasteiger partial charge in [0.1, 0.15) is 0 Å². The van der Waals surface area contributed by atoms with E-state index in [-0.39, 0.29) is 18.2 Å². The van der Waals surface area contributed by atoms with E-state index in [2.05, 4.69) is 9.97 Å². The molecule has 5 nitrogen and oxygen atoms in total. The molecule has 15 heavy (non-hydrogen) atoms. The second-order valence-electron chi connectivity index (χ2n) is 3.28. The fourth-order valence-electron chi connectivity index (χ4n) is 1.06. The largest absolute Gasteiger partial charge is 0.396 e. The topological polar surface area (TPSA) is 92.0 Å². The molecule has 0 aliphatic heterocycles. The van der Waals surface area contributed by atoms with Crippen LogP contribution in [0.25, 0.3) is 0 Å². The smallest absolute Gasteiger partial charge is 0.251 e. The molecule has 0 aromatic carbocycles. The van der Waals surface area contributed by atoms with E-state index in [0.717, 1.165) is 0 Å². The van der Waals surface area contributed by atoms with Crippen molar-refractivity contribution in [1.82, 2.24) is 9.97 Å². The molecular weight excluding hydrogens is 214 g/mol. The SMILES string of the molecule is Cc1cc(=O)[nH]c(SCC(N)CCO)n1. The van der Waals surface area contributed by atoms with Gasteiger partial charge in [-0.25, -0.2) is 4.98 Å². The lowest BCUT2D eigenvalue weighted by Crippen LogP contribution is -2.24. The first-order chi connectivity index (χ1) is 7.11. The average Bonchev–Trinajstić information content (AvgIpc) is 2.14. The molecule has 1 aromatic heterocycles. The Kier molecular flexibility index (Phi) is 4.80. The number of hydrogen-bond acceptors (Lipinski definition) is 5. The molecule has 0 spiro atoms. The molecule has 0 saturated carbocycles. The fraction of sp³-hybridized carbons (Fsp3) is 0.556. The minimum atomic E-state index is -0.152. The third-order valence-electron chi connectivity index (χ3n) is 1.78. The quantitative estimate of drug-likeness (QED) is 0.483. The standard InChI is InChI=1S/C9H15N3O2S/c1-6-4-8(14)12-9(11-6)15-5-7(10)2-3-13/h4,7,13H,2-3,5,10H2,1H3,(H,11,12,14). The maximum absolute atomic E-state index is 11.1. The van der Waals surface area contributed by atoms with Crippen molar-refractivity contribution in [2.45, 2.75) is 24.5 Å². The zero-order valence-corrected chi connectivity index (χ0v) is 9.38. The molecule has 0 fully saturated rings. The van der Waals surface area contributed by atoms with E-state index in [4.69, 9.17) is 10.8 Å². The van der Waals surface area contributed by atoms with Crippen molar-refractivity contribution in [3.8, 4) is 0 Å². The lowest BCUT2D eigenvalue weighted by Gasteiger charge is -2.08. The summed E-state index contributed by atoms with van der Waals surface area (Å²) in [6.45, 7) is 1.85. The second kappa shape index (κ2) is 5.89. The number of H-pyrrole nitrogens is 1. The number of hydrogen-bond donors (Lipinski definition) is 3. The number of aromatic amines is 1. The zero-order chi connectivity index (χ0) is 11.3. The van der Waals surface area contributed by atoms with Gasteiger partial charge >= 0.3 is 0 Å². The maximum atomic E-state index is 11.1. The molecule has 0 aliphatic carbocycles. The molecule has 0 aliphatic rings. The van der Waals surface area contributed by atoms with Crippen LogP contribution in [0.5, 0.6) is 0 Å². The number of nitrogens with zero attached hydrogens (tertiary/aromatic N) is 1. The van der Waals surface area contributed by atoms with Gasteiger partial charge in [0.05, 0.1) is 0 Å². The van der Waals surface area contributed by atoms with E-state index in [1.165, 1.54) is 17.8 Å². The summed E-state index contributed by atoms with van der Waals surface area (Å²) >= 11 is 1.39. The third kappa shape index (κ3) is 4.46. The highest BCUT2D eigenvalue weighted by atomic mass is 32.2. The van der Waals surface area contributed by atoms with E-state index in [1.54, 1.807) is 6.92 Å². The number of thioether (sulfide) groups is 1. The van der Waals surface area contributed by atoms with Crippen molar-refractivity contribution in [3.05, 3.63) is 22.1 Å². The lowest BCUT2D eigenvalue weighted by molar-refractivity contribution is 0.279. The van der Waals surface area contributed by atoms with Crippen molar-refractivity contribution < 1.29 is 5.11 Å². The molecule has 1 rings (SSSR count). The number of aliphatic hydroxyl groups is 1. The van der Waals surface area contributed by atoms with Crippen LogP contribution in [0.1, 0.15) is 12.1 Å². The molecule has 1 heterocycles. The third-order valence-corrected chi connectivity index (χ3v) is 2.84. The molecule has 1 unspecified atom stereocenters. The molecule has 0 amide bonds. The first kappa shape index (κ1) is 12.2. The van der Waals surface area contributed by atoms with Gasteiger partial charge in [-0.3, -0.25) is 4.79 Å². The normalized spacial score (nSPS) is 12.7. The highest BCUT2D eigenvalue weighted by molar-refractivity contribution is 7.99. The molecule has 6 heteroatoms. The number of aromatic nitrogens is 2. The summed E-state index contributed by atoms with van der Waals surface area (Å²) in [4.78, 5) is 17.9. The van der Waals surface area contributed by atoms with Crippen LogP contribution in [0, 0.1) is 6.92 Å². The van der Waals surface area contributed by atoms with Gasteiger partial charge in [-0.05, 0) is 13.3 Å². The van der Waals surface area contributed by atoms with Crippen molar-refractivity contribution in [2.75, 3.05) is 12.4 Å². The first-order valence-corrected chi connectivity index (χ1v) is 5.67. The summed E-state index contributed by atoms with van der Waals surface area (Å²) in [7, 11) is 0. The lowest BCUT2D eigenvalue weighted by atomic mass is 10.3. The molecule has 0 saturated heterocycles. The fourth-order valence-corrected chi connectivity index (χ4v) is 1.97. The van der Waals surface area contributed by atoms with Gasteiger partial charge in [0.2, 0.25) is 0 Å². The highest BCUT2D eigenvalue weighted by Gasteiger charge is 2.04. The van der Waals surface area contributed by atoms with Crippen LogP contribution in [0.4, 0.5) is 0 Å². The summed E-state index contributed by atoms with van der Waals surface area (Å²) < 4.78 is 0. The molecule has 0 bridgehead atoms. The summed E-state index contributed by atoms with van der Waals surface area (Å²) in [5.74, 6) is 0.632. The van der Waals surface area contributed by atoms with Gasteiger partial charge in [0, 0.05) is 30.2 Å². The first-order valence-electron chi connectivity index (χ1n) is 4.69. The van der Waals surface area contributed by atoms with Gasteiger partial charge in [-0.15, -0.1) is 0 Å². The van der Waals surface area contributed by atoms with Crippen molar-refractivity contribution in [1.29, 1.82) is 0 Å². The van der Waals surface area contributed by atoms with Crippen LogP contribution in [-0.2, 0) is 0 Å². The minimum absolute atomic E-state index is 0.0779. The maximum Gasteiger partial charge on any atom is 0.251 e. The summed E-state index contributed by atoms with van der Waals surface area (Å²) in [5, 5.41) is 9.24. The summed E-state index contributed by atoms with van der Waals surface area (Å²) in [5.41, 5.74) is 6.25. The van der Waals surface area contributed by atoms with E-state index in [9.17, 15) is 4.79 Å². The van der Waals surface area contributed by atoms with Crippen molar-refractivity contribution in [2.24, 2.45) is 5.73 Å². The van der Waals surface area contributed by atoms with E-state index < -0.39 is 0 Å². The Bertz CT molecular complexity index is 367. The number of nitrogens with one attached hydrogen (secondary N) is 1. The Morgan fingerprint density at radius 1 is 1.73 bits per heavy atom. The summed E-state index contributed by atoms with van der Waals surface area (Å²) in [6.07, 6.45) is 0.559. The molecule has 0 radical (unpaired) electrons. The van der Waals surface area contributed by atoms with Crippen LogP contribution in [0.3, 0.4) is 0 Å². The zero-order valence-electron chi connectivity index (χ0n) is 8.56. The molecular formula is C9H15N3O2S. The predicted octanol–water partition coefficient (Wildman–Crippen LogP) is -0.120. The van der Waals surface area contributed by atoms with Gasteiger partial charge < -0.3 is 15.8 Å². The summed E-state index contributed by atoms with van der Waals surface area (Å²) in [6, 6.07) is 1.36. The number of aryl methyl sites for hydroxylation is 1. The minimum Gasteiger partial charge on any atom is -0.396 e.